The number of carbonyl (C=O) groups is 1. The first-order chi connectivity index (χ1) is 10.2. The third kappa shape index (κ3) is 5.04. The third-order valence-corrected chi connectivity index (χ3v) is 3.00. The molecule has 1 aromatic carbocycles. The van der Waals surface area contributed by atoms with E-state index in [0.717, 1.165) is 5.56 Å². The van der Waals surface area contributed by atoms with Crippen LogP contribution >= 0.6 is 11.6 Å². The minimum Gasteiger partial charge on any atom is -0.469 e. The van der Waals surface area contributed by atoms with Crippen molar-refractivity contribution in [2.45, 2.75) is 12.8 Å². The molecule has 0 radical (unpaired) electrons. The fourth-order valence-electron chi connectivity index (χ4n) is 1.81. The molecule has 0 saturated carbocycles. The van der Waals surface area contributed by atoms with E-state index in [1.165, 1.54) is 7.11 Å². The number of ether oxygens (including phenoxy) is 1. The maximum absolute atomic E-state index is 11.1. The molecule has 2 rings (SSSR count). The Morgan fingerprint density at radius 1 is 1.29 bits per heavy atom. The summed E-state index contributed by atoms with van der Waals surface area (Å²) in [5.41, 5.74) is 1.11. The van der Waals surface area contributed by atoms with Crippen LogP contribution in [0.4, 0.5) is 5.82 Å². The summed E-state index contributed by atoms with van der Waals surface area (Å²) >= 11 is 6.00. The topological polar surface area (TPSA) is 64.1 Å². The van der Waals surface area contributed by atoms with E-state index in [2.05, 4.69) is 20.0 Å². The Morgan fingerprint density at radius 2 is 2.05 bits per heavy atom. The predicted octanol–water partition coefficient (Wildman–Crippen LogP) is 2.70. The molecule has 0 bridgehead atoms. The van der Waals surface area contributed by atoms with Gasteiger partial charge < -0.3 is 10.1 Å². The summed E-state index contributed by atoms with van der Waals surface area (Å²) in [5, 5.41) is 3.41. The number of rotatable bonds is 6. The van der Waals surface area contributed by atoms with E-state index in [1.54, 1.807) is 6.07 Å². The molecule has 1 heterocycles. The second kappa shape index (κ2) is 7.59. The zero-order valence-electron chi connectivity index (χ0n) is 11.7. The summed E-state index contributed by atoms with van der Waals surface area (Å²) in [4.78, 5) is 19.7. The molecule has 21 heavy (non-hydrogen) atoms. The van der Waals surface area contributed by atoms with Gasteiger partial charge in [-0.05, 0) is 5.56 Å². The molecule has 0 aliphatic heterocycles. The summed E-state index contributed by atoms with van der Waals surface area (Å²) in [6.07, 6.45) is 0.874. The number of benzene rings is 1. The standard InChI is InChI=1S/C15H16ClN3O2/c1-21-15(20)7-8-17-13-10-12(16)18-14(19-13)9-11-5-3-2-4-6-11/h2-6,10H,7-9H2,1H3,(H,17,18,19). The lowest BCUT2D eigenvalue weighted by molar-refractivity contribution is -0.140. The first-order valence-corrected chi connectivity index (χ1v) is 6.93. The maximum Gasteiger partial charge on any atom is 0.307 e. The van der Waals surface area contributed by atoms with Gasteiger partial charge in [0.25, 0.3) is 0 Å². The number of hydrogen-bond donors (Lipinski definition) is 1. The molecule has 0 saturated heterocycles. The van der Waals surface area contributed by atoms with E-state index in [4.69, 9.17) is 11.6 Å². The Kier molecular flexibility index (Phi) is 5.51. The number of esters is 1. The molecule has 0 aliphatic rings. The average molecular weight is 306 g/mol. The molecule has 0 amide bonds. The molecule has 0 aliphatic carbocycles. The minimum absolute atomic E-state index is 0.270. The lowest BCUT2D eigenvalue weighted by Crippen LogP contribution is -2.11. The number of halogens is 1. The SMILES string of the molecule is COC(=O)CCNc1cc(Cl)nc(Cc2ccccc2)n1. The zero-order chi connectivity index (χ0) is 15.1. The Hall–Kier alpha value is -2.14. The van der Waals surface area contributed by atoms with Crippen LogP contribution in [0.2, 0.25) is 5.15 Å². The lowest BCUT2D eigenvalue weighted by atomic mass is 10.1. The van der Waals surface area contributed by atoms with Crippen LogP contribution in [0, 0.1) is 0 Å². The summed E-state index contributed by atoms with van der Waals surface area (Å²) in [5.74, 6) is 0.964. The van der Waals surface area contributed by atoms with E-state index in [9.17, 15) is 4.79 Å². The number of carbonyl (C=O) groups excluding carboxylic acids is 1. The van der Waals surface area contributed by atoms with Gasteiger partial charge in [0.1, 0.15) is 16.8 Å². The first-order valence-electron chi connectivity index (χ1n) is 6.55. The van der Waals surface area contributed by atoms with Crippen LogP contribution in [-0.2, 0) is 16.0 Å². The molecular weight excluding hydrogens is 290 g/mol. The Bertz CT molecular complexity index is 605. The van der Waals surface area contributed by atoms with Crippen molar-refractivity contribution < 1.29 is 9.53 Å². The van der Waals surface area contributed by atoms with Gasteiger partial charge in [-0.15, -0.1) is 0 Å². The van der Waals surface area contributed by atoms with Gasteiger partial charge in [-0.2, -0.15) is 0 Å². The lowest BCUT2D eigenvalue weighted by Gasteiger charge is -2.07. The van der Waals surface area contributed by atoms with E-state index in [-0.39, 0.29) is 12.4 Å². The van der Waals surface area contributed by atoms with Gasteiger partial charge in [0, 0.05) is 19.0 Å². The van der Waals surface area contributed by atoms with Crippen molar-refractivity contribution >= 4 is 23.4 Å². The van der Waals surface area contributed by atoms with Crippen LogP contribution in [0.3, 0.4) is 0 Å². The highest BCUT2D eigenvalue weighted by atomic mass is 35.5. The monoisotopic (exact) mass is 305 g/mol. The minimum atomic E-state index is -0.271. The zero-order valence-corrected chi connectivity index (χ0v) is 12.4. The van der Waals surface area contributed by atoms with Gasteiger partial charge in [-0.1, -0.05) is 41.9 Å². The number of anilines is 1. The summed E-state index contributed by atoms with van der Waals surface area (Å²) in [6.45, 7) is 0.435. The molecule has 6 heteroatoms. The fourth-order valence-corrected chi connectivity index (χ4v) is 2.01. The summed E-state index contributed by atoms with van der Waals surface area (Å²) in [7, 11) is 1.36. The van der Waals surface area contributed by atoms with Crippen molar-refractivity contribution in [1.29, 1.82) is 0 Å². The molecule has 0 fully saturated rings. The first kappa shape index (κ1) is 15.3. The molecule has 0 atom stereocenters. The number of aromatic nitrogens is 2. The number of methoxy groups -OCH3 is 1. The van der Waals surface area contributed by atoms with Crippen molar-refractivity contribution in [2.75, 3.05) is 19.0 Å². The van der Waals surface area contributed by atoms with Gasteiger partial charge in [-0.3, -0.25) is 4.79 Å². The van der Waals surface area contributed by atoms with Crippen molar-refractivity contribution in [3.63, 3.8) is 0 Å². The third-order valence-electron chi connectivity index (χ3n) is 2.81. The largest absolute Gasteiger partial charge is 0.469 e. The van der Waals surface area contributed by atoms with Gasteiger partial charge in [0.15, 0.2) is 0 Å². The highest BCUT2D eigenvalue weighted by Crippen LogP contribution is 2.14. The quantitative estimate of drug-likeness (QED) is 0.656. The van der Waals surface area contributed by atoms with Crippen molar-refractivity contribution in [1.82, 2.24) is 9.97 Å². The van der Waals surface area contributed by atoms with Crippen molar-refractivity contribution in [3.05, 3.63) is 52.9 Å². The molecule has 0 unspecified atom stereocenters. The highest BCUT2D eigenvalue weighted by Gasteiger charge is 2.05. The molecule has 110 valence electrons. The van der Waals surface area contributed by atoms with E-state index < -0.39 is 0 Å². The Balaban J connectivity index is 2.01. The Morgan fingerprint density at radius 3 is 2.76 bits per heavy atom. The Labute approximate surface area is 128 Å². The van der Waals surface area contributed by atoms with E-state index >= 15 is 0 Å². The normalized spacial score (nSPS) is 10.2. The predicted molar refractivity (Wildman–Crippen MR) is 81.4 cm³/mol. The second-order valence-corrected chi connectivity index (χ2v) is 4.79. The molecular formula is C15H16ClN3O2. The van der Waals surface area contributed by atoms with E-state index in [1.807, 2.05) is 30.3 Å². The van der Waals surface area contributed by atoms with Crippen LogP contribution in [0.25, 0.3) is 0 Å². The van der Waals surface area contributed by atoms with Crippen molar-refractivity contribution in [3.8, 4) is 0 Å². The van der Waals surface area contributed by atoms with Crippen LogP contribution in [0.1, 0.15) is 17.8 Å². The van der Waals surface area contributed by atoms with Crippen LogP contribution in [0.5, 0.6) is 0 Å². The van der Waals surface area contributed by atoms with Gasteiger partial charge in [-0.25, -0.2) is 9.97 Å². The van der Waals surface area contributed by atoms with Gasteiger partial charge in [0.05, 0.1) is 13.5 Å². The molecule has 5 nitrogen and oxygen atoms in total. The maximum atomic E-state index is 11.1. The van der Waals surface area contributed by atoms with Crippen LogP contribution in [-0.4, -0.2) is 29.6 Å². The van der Waals surface area contributed by atoms with Crippen LogP contribution < -0.4 is 5.32 Å². The molecule has 1 aromatic heterocycles. The molecule has 0 spiro atoms. The fraction of sp³-hybridized carbons (Fsp3) is 0.267. The number of nitrogens with one attached hydrogen (secondary N) is 1. The molecule has 2 aromatic rings. The van der Waals surface area contributed by atoms with Gasteiger partial charge in [0.2, 0.25) is 0 Å². The van der Waals surface area contributed by atoms with Crippen LogP contribution in [0.15, 0.2) is 36.4 Å². The average Bonchev–Trinajstić information content (AvgIpc) is 2.47. The van der Waals surface area contributed by atoms with Crippen molar-refractivity contribution in [2.24, 2.45) is 0 Å². The number of hydrogen-bond acceptors (Lipinski definition) is 5. The molecule has 1 N–H and O–H groups in total. The van der Waals surface area contributed by atoms with E-state index in [0.29, 0.717) is 29.8 Å². The summed E-state index contributed by atoms with van der Waals surface area (Å²) < 4.78 is 4.58. The second-order valence-electron chi connectivity index (χ2n) is 4.41. The highest BCUT2D eigenvalue weighted by molar-refractivity contribution is 6.29. The number of nitrogens with zero attached hydrogens (tertiary/aromatic N) is 2. The smallest absolute Gasteiger partial charge is 0.307 e. The summed E-state index contributed by atoms with van der Waals surface area (Å²) in [6, 6.07) is 11.5. The van der Waals surface area contributed by atoms with Gasteiger partial charge >= 0.3 is 5.97 Å².